The maximum absolute atomic E-state index is 12.9. The Morgan fingerprint density at radius 2 is 1.83 bits per heavy atom. The molecule has 0 radical (unpaired) electrons. The Bertz CT molecular complexity index is 696. The summed E-state index contributed by atoms with van der Waals surface area (Å²) in [7, 11) is 3.54. The molecular formula is C17H16F3NO2. The Hall–Kier alpha value is -2.50. The van der Waals surface area contributed by atoms with Gasteiger partial charge in [-0.05, 0) is 18.2 Å². The normalized spacial score (nSPS) is 11.2. The molecule has 2 aromatic rings. The highest BCUT2D eigenvalue weighted by atomic mass is 19.4. The zero-order valence-electron chi connectivity index (χ0n) is 12.7. The van der Waals surface area contributed by atoms with Gasteiger partial charge in [0.05, 0.1) is 11.3 Å². The van der Waals surface area contributed by atoms with Gasteiger partial charge in [0.15, 0.2) is 6.29 Å². The smallest absolute Gasteiger partial charge is 0.416 e. The van der Waals surface area contributed by atoms with Crippen molar-refractivity contribution in [3.63, 3.8) is 0 Å². The maximum atomic E-state index is 12.9. The fourth-order valence-corrected chi connectivity index (χ4v) is 2.18. The number of rotatable bonds is 5. The van der Waals surface area contributed by atoms with E-state index in [1.54, 1.807) is 37.2 Å². The molecule has 0 aliphatic rings. The van der Waals surface area contributed by atoms with E-state index in [4.69, 9.17) is 4.74 Å². The summed E-state index contributed by atoms with van der Waals surface area (Å²) in [4.78, 5) is 12.7. The van der Waals surface area contributed by atoms with E-state index in [0.29, 0.717) is 17.0 Å². The molecule has 0 N–H and O–H groups in total. The number of anilines is 1. The number of carbonyl (C=O) groups is 1. The van der Waals surface area contributed by atoms with Gasteiger partial charge in [-0.3, -0.25) is 4.79 Å². The van der Waals surface area contributed by atoms with Crippen molar-refractivity contribution >= 4 is 12.0 Å². The predicted molar refractivity (Wildman–Crippen MR) is 81.9 cm³/mol. The fourth-order valence-electron chi connectivity index (χ4n) is 2.18. The summed E-state index contributed by atoms with van der Waals surface area (Å²) in [6, 6.07) is 10.1. The molecular weight excluding hydrogens is 307 g/mol. The Labute approximate surface area is 132 Å². The third kappa shape index (κ3) is 4.03. The second kappa shape index (κ2) is 6.73. The first kappa shape index (κ1) is 16.9. The summed E-state index contributed by atoms with van der Waals surface area (Å²) in [6.07, 6.45) is -3.70. The highest BCUT2D eigenvalue weighted by Crippen LogP contribution is 2.32. The standard InChI is InChI=1S/C17H16F3NO2/c1-21(2)16-9-14(8-7-12(16)10-22)23-11-13-5-3-4-6-15(13)17(18,19)20/h3-10H,11H2,1-2H3. The summed E-state index contributed by atoms with van der Waals surface area (Å²) in [5.74, 6) is 0.399. The van der Waals surface area contributed by atoms with E-state index in [1.165, 1.54) is 18.2 Å². The van der Waals surface area contributed by atoms with Gasteiger partial charge in [0.2, 0.25) is 0 Å². The number of nitrogens with zero attached hydrogens (tertiary/aromatic N) is 1. The van der Waals surface area contributed by atoms with Gasteiger partial charge >= 0.3 is 6.18 Å². The van der Waals surface area contributed by atoms with E-state index in [9.17, 15) is 18.0 Å². The lowest BCUT2D eigenvalue weighted by atomic mass is 10.1. The lowest BCUT2D eigenvalue weighted by molar-refractivity contribution is -0.138. The van der Waals surface area contributed by atoms with Crippen LogP contribution in [0.2, 0.25) is 0 Å². The Kier molecular flexibility index (Phi) is 4.93. The molecule has 0 bridgehead atoms. The maximum Gasteiger partial charge on any atom is 0.416 e. The van der Waals surface area contributed by atoms with Crippen molar-refractivity contribution in [3.05, 3.63) is 59.2 Å². The van der Waals surface area contributed by atoms with Crippen molar-refractivity contribution in [1.82, 2.24) is 0 Å². The number of halogens is 3. The number of alkyl halides is 3. The second-order valence-electron chi connectivity index (χ2n) is 5.18. The largest absolute Gasteiger partial charge is 0.489 e. The zero-order chi connectivity index (χ0) is 17.0. The van der Waals surface area contributed by atoms with E-state index in [1.807, 2.05) is 0 Å². The topological polar surface area (TPSA) is 29.5 Å². The van der Waals surface area contributed by atoms with E-state index in [0.717, 1.165) is 12.4 Å². The third-order valence-electron chi connectivity index (χ3n) is 3.33. The first-order valence-electron chi connectivity index (χ1n) is 6.87. The fraction of sp³-hybridized carbons (Fsp3) is 0.235. The molecule has 2 aromatic carbocycles. The lowest BCUT2D eigenvalue weighted by Crippen LogP contribution is -2.12. The van der Waals surface area contributed by atoms with Gasteiger partial charge in [0.25, 0.3) is 0 Å². The van der Waals surface area contributed by atoms with Crippen molar-refractivity contribution in [2.75, 3.05) is 19.0 Å². The quantitative estimate of drug-likeness (QED) is 0.774. The highest BCUT2D eigenvalue weighted by molar-refractivity contribution is 5.85. The monoisotopic (exact) mass is 323 g/mol. The lowest BCUT2D eigenvalue weighted by Gasteiger charge is -2.17. The van der Waals surface area contributed by atoms with Gasteiger partial charge in [-0.2, -0.15) is 13.2 Å². The predicted octanol–water partition coefficient (Wildman–Crippen LogP) is 4.16. The number of ether oxygens (including phenoxy) is 1. The summed E-state index contributed by atoms with van der Waals surface area (Å²) in [5, 5.41) is 0. The summed E-state index contributed by atoms with van der Waals surface area (Å²) >= 11 is 0. The molecule has 6 heteroatoms. The van der Waals surface area contributed by atoms with Crippen molar-refractivity contribution in [1.29, 1.82) is 0 Å². The van der Waals surface area contributed by atoms with E-state index in [2.05, 4.69) is 0 Å². The van der Waals surface area contributed by atoms with Gasteiger partial charge in [-0.1, -0.05) is 18.2 Å². The molecule has 0 unspecified atom stereocenters. The van der Waals surface area contributed by atoms with Crippen LogP contribution in [0.15, 0.2) is 42.5 Å². The van der Waals surface area contributed by atoms with Crippen LogP contribution in [-0.4, -0.2) is 20.4 Å². The number of carbonyl (C=O) groups excluding carboxylic acids is 1. The van der Waals surface area contributed by atoms with Crippen LogP contribution < -0.4 is 9.64 Å². The molecule has 0 spiro atoms. The first-order chi connectivity index (χ1) is 10.8. The van der Waals surface area contributed by atoms with Crippen molar-refractivity contribution < 1.29 is 22.7 Å². The summed E-state index contributed by atoms with van der Waals surface area (Å²) < 4.78 is 44.3. The number of hydrogen-bond acceptors (Lipinski definition) is 3. The molecule has 3 nitrogen and oxygen atoms in total. The van der Waals surface area contributed by atoms with Crippen LogP contribution in [0, 0.1) is 0 Å². The first-order valence-corrected chi connectivity index (χ1v) is 6.87. The number of hydrogen-bond donors (Lipinski definition) is 0. The molecule has 23 heavy (non-hydrogen) atoms. The Balaban J connectivity index is 2.22. The van der Waals surface area contributed by atoms with Crippen molar-refractivity contribution in [3.8, 4) is 5.75 Å². The minimum absolute atomic E-state index is 0.0610. The molecule has 0 aliphatic heterocycles. The van der Waals surface area contributed by atoms with Crippen LogP contribution in [0.5, 0.6) is 5.75 Å². The molecule has 122 valence electrons. The molecule has 0 saturated heterocycles. The molecule has 0 aliphatic carbocycles. The van der Waals surface area contributed by atoms with Crippen LogP contribution in [0.4, 0.5) is 18.9 Å². The molecule has 0 heterocycles. The molecule has 0 fully saturated rings. The number of benzene rings is 2. The van der Waals surface area contributed by atoms with Crippen molar-refractivity contribution in [2.24, 2.45) is 0 Å². The van der Waals surface area contributed by atoms with Crippen LogP contribution in [-0.2, 0) is 12.8 Å². The average Bonchev–Trinajstić information content (AvgIpc) is 2.52. The Morgan fingerprint density at radius 3 is 2.43 bits per heavy atom. The summed E-state index contributed by atoms with van der Waals surface area (Å²) in [5.41, 5.74) is 0.475. The molecule has 0 aromatic heterocycles. The van der Waals surface area contributed by atoms with Crippen molar-refractivity contribution in [2.45, 2.75) is 12.8 Å². The van der Waals surface area contributed by atoms with Gasteiger partial charge in [-0.15, -0.1) is 0 Å². The van der Waals surface area contributed by atoms with Crippen LogP contribution in [0.25, 0.3) is 0 Å². The van der Waals surface area contributed by atoms with Crippen LogP contribution in [0.1, 0.15) is 21.5 Å². The average molecular weight is 323 g/mol. The van der Waals surface area contributed by atoms with Gasteiger partial charge in [0.1, 0.15) is 12.4 Å². The number of aldehydes is 1. The highest BCUT2D eigenvalue weighted by Gasteiger charge is 2.32. The van der Waals surface area contributed by atoms with E-state index < -0.39 is 11.7 Å². The minimum atomic E-state index is -4.42. The molecule has 0 saturated carbocycles. The second-order valence-corrected chi connectivity index (χ2v) is 5.18. The molecule has 2 rings (SSSR count). The summed E-state index contributed by atoms with van der Waals surface area (Å²) in [6.45, 7) is -0.205. The van der Waals surface area contributed by atoms with Gasteiger partial charge in [-0.25, -0.2) is 0 Å². The van der Waals surface area contributed by atoms with E-state index >= 15 is 0 Å². The molecule has 0 atom stereocenters. The Morgan fingerprint density at radius 1 is 1.13 bits per heavy atom. The van der Waals surface area contributed by atoms with Gasteiger partial charge in [0, 0.05) is 31.3 Å². The SMILES string of the molecule is CN(C)c1cc(OCc2ccccc2C(F)(F)F)ccc1C=O. The molecule has 0 amide bonds. The zero-order valence-corrected chi connectivity index (χ0v) is 12.7. The third-order valence-corrected chi connectivity index (χ3v) is 3.33. The minimum Gasteiger partial charge on any atom is -0.489 e. The van der Waals surface area contributed by atoms with Gasteiger partial charge < -0.3 is 9.64 Å². The van der Waals surface area contributed by atoms with Crippen LogP contribution in [0.3, 0.4) is 0 Å². The van der Waals surface area contributed by atoms with E-state index in [-0.39, 0.29) is 12.2 Å². The van der Waals surface area contributed by atoms with Crippen LogP contribution >= 0.6 is 0 Å².